The molecule has 1 aromatic carbocycles. The number of aryl methyl sites for hydroxylation is 1. The molecule has 1 aromatic heterocycles. The summed E-state index contributed by atoms with van der Waals surface area (Å²) in [5.41, 5.74) is 1.84. The lowest BCUT2D eigenvalue weighted by atomic mass is 10.1. The van der Waals surface area contributed by atoms with Crippen molar-refractivity contribution >= 4 is 21.4 Å². The third-order valence-corrected chi connectivity index (χ3v) is 8.08. The Balaban J connectivity index is 1.43. The monoisotopic (exact) mass is 381 g/mol. The van der Waals surface area contributed by atoms with E-state index in [9.17, 15) is 12.8 Å². The Morgan fingerprint density at radius 3 is 2.60 bits per heavy atom. The molecular formula is C17H20FN3O2S2. The highest BCUT2D eigenvalue weighted by Gasteiger charge is 2.50. The van der Waals surface area contributed by atoms with Crippen molar-refractivity contribution in [3.63, 3.8) is 0 Å². The van der Waals surface area contributed by atoms with E-state index in [4.69, 9.17) is 0 Å². The quantitative estimate of drug-likeness (QED) is 0.815. The van der Waals surface area contributed by atoms with Crippen LogP contribution in [0.3, 0.4) is 0 Å². The van der Waals surface area contributed by atoms with Gasteiger partial charge in [0.05, 0.1) is 22.5 Å². The van der Waals surface area contributed by atoms with Crippen LogP contribution in [-0.2, 0) is 23.1 Å². The van der Waals surface area contributed by atoms with Crippen molar-refractivity contribution in [2.45, 2.75) is 25.3 Å². The third kappa shape index (κ3) is 3.36. The molecule has 2 aliphatic rings. The predicted octanol–water partition coefficient (Wildman–Crippen LogP) is 2.24. The highest BCUT2D eigenvalue weighted by molar-refractivity contribution is 7.90. The molecule has 2 aromatic rings. The number of thiazole rings is 1. The maximum Gasteiger partial charge on any atom is 0.218 e. The Hall–Kier alpha value is -1.35. The Morgan fingerprint density at radius 1 is 1.20 bits per heavy atom. The fourth-order valence-corrected chi connectivity index (χ4v) is 6.55. The van der Waals surface area contributed by atoms with Gasteiger partial charge in [-0.1, -0.05) is 12.1 Å². The van der Waals surface area contributed by atoms with Gasteiger partial charge in [0.15, 0.2) is 0 Å². The smallest absolute Gasteiger partial charge is 0.218 e. The lowest BCUT2D eigenvalue weighted by Crippen LogP contribution is -2.34. The van der Waals surface area contributed by atoms with Crippen molar-refractivity contribution in [1.82, 2.24) is 14.2 Å². The van der Waals surface area contributed by atoms with Crippen molar-refractivity contribution in [3.8, 4) is 0 Å². The van der Waals surface area contributed by atoms with Gasteiger partial charge in [-0.25, -0.2) is 17.8 Å². The van der Waals surface area contributed by atoms with Crippen LogP contribution in [0.5, 0.6) is 0 Å². The molecule has 8 heteroatoms. The number of sulfonamides is 1. The van der Waals surface area contributed by atoms with E-state index in [0.717, 1.165) is 22.8 Å². The summed E-state index contributed by atoms with van der Waals surface area (Å²) in [4.78, 5) is 6.54. The van der Waals surface area contributed by atoms with Gasteiger partial charge >= 0.3 is 0 Å². The molecule has 0 N–H and O–H groups in total. The number of benzene rings is 1. The lowest BCUT2D eigenvalue weighted by molar-refractivity contribution is 0.294. The Bertz CT molecular complexity index is 866. The summed E-state index contributed by atoms with van der Waals surface area (Å²) in [6, 6.07) is 6.41. The molecule has 2 saturated heterocycles. The lowest BCUT2D eigenvalue weighted by Gasteiger charge is -2.20. The van der Waals surface area contributed by atoms with Crippen LogP contribution in [0.25, 0.3) is 0 Å². The summed E-state index contributed by atoms with van der Waals surface area (Å²) < 4.78 is 40.3. The van der Waals surface area contributed by atoms with Crippen LogP contribution >= 0.6 is 11.3 Å². The molecule has 134 valence electrons. The molecule has 4 rings (SSSR count). The second-order valence-electron chi connectivity index (χ2n) is 6.81. The van der Waals surface area contributed by atoms with E-state index in [2.05, 4.69) is 9.88 Å². The van der Waals surface area contributed by atoms with E-state index >= 15 is 0 Å². The predicted molar refractivity (Wildman–Crippen MR) is 95.1 cm³/mol. The third-order valence-electron chi connectivity index (χ3n) is 4.96. The number of nitrogens with zero attached hydrogens (tertiary/aromatic N) is 3. The highest BCUT2D eigenvalue weighted by Crippen LogP contribution is 2.35. The first-order valence-corrected chi connectivity index (χ1v) is 10.7. The van der Waals surface area contributed by atoms with Crippen LogP contribution in [0.15, 0.2) is 29.6 Å². The van der Waals surface area contributed by atoms with Crippen molar-refractivity contribution in [1.29, 1.82) is 0 Å². The van der Waals surface area contributed by atoms with E-state index in [1.54, 1.807) is 27.8 Å². The number of hydrogen-bond donors (Lipinski definition) is 0. The number of likely N-dealkylation sites (tertiary alicyclic amines) is 1. The molecule has 2 fully saturated rings. The van der Waals surface area contributed by atoms with E-state index in [1.807, 2.05) is 12.3 Å². The topological polar surface area (TPSA) is 53.5 Å². The Labute approximate surface area is 151 Å². The zero-order valence-corrected chi connectivity index (χ0v) is 15.6. The SMILES string of the molecule is Cc1nc(CN2C[C@H]3CN(Cc4ccc(F)cc4)C[C@@H]3S2(=O)=O)cs1. The van der Waals surface area contributed by atoms with Gasteiger partial charge in [-0.15, -0.1) is 11.3 Å². The molecule has 5 nitrogen and oxygen atoms in total. The zero-order chi connectivity index (χ0) is 17.6. The molecule has 0 unspecified atom stereocenters. The summed E-state index contributed by atoms with van der Waals surface area (Å²) in [7, 11) is -3.29. The van der Waals surface area contributed by atoms with Crippen molar-refractivity contribution in [2.75, 3.05) is 19.6 Å². The Kier molecular flexibility index (Phi) is 4.39. The molecule has 0 radical (unpaired) electrons. The summed E-state index contributed by atoms with van der Waals surface area (Å²) >= 11 is 1.54. The molecule has 2 aliphatic heterocycles. The molecule has 0 bridgehead atoms. The minimum absolute atomic E-state index is 0.130. The minimum atomic E-state index is -3.29. The number of hydrogen-bond acceptors (Lipinski definition) is 5. The molecule has 0 aliphatic carbocycles. The summed E-state index contributed by atoms with van der Waals surface area (Å²) in [6.45, 7) is 4.81. The zero-order valence-electron chi connectivity index (χ0n) is 13.9. The second-order valence-corrected chi connectivity index (χ2v) is 10.0. The van der Waals surface area contributed by atoms with Crippen LogP contribution in [0, 0.1) is 18.7 Å². The van der Waals surface area contributed by atoms with Gasteiger partial charge in [-0.3, -0.25) is 4.90 Å². The maximum absolute atomic E-state index is 13.0. The summed E-state index contributed by atoms with van der Waals surface area (Å²) in [5, 5.41) is 2.55. The molecule has 0 saturated carbocycles. The molecule has 2 atom stereocenters. The van der Waals surface area contributed by atoms with Crippen molar-refractivity contribution < 1.29 is 12.8 Å². The number of halogens is 1. The standard InChI is InChI=1S/C17H20FN3O2S2/c1-12-19-16(11-24-12)9-21-8-14-7-20(10-17(14)25(21,22)23)6-13-2-4-15(18)5-3-13/h2-5,11,14,17H,6-10H2,1H3/t14-,17+/m1/s1. The molecule has 0 amide bonds. The molecule has 0 spiro atoms. The normalized spacial score (nSPS) is 26.2. The highest BCUT2D eigenvalue weighted by atomic mass is 32.2. The van der Waals surface area contributed by atoms with E-state index in [1.165, 1.54) is 12.1 Å². The average molecular weight is 381 g/mol. The number of rotatable bonds is 4. The average Bonchev–Trinajstić information content (AvgIpc) is 3.20. The van der Waals surface area contributed by atoms with Crippen LogP contribution in [0.2, 0.25) is 0 Å². The Morgan fingerprint density at radius 2 is 1.96 bits per heavy atom. The van der Waals surface area contributed by atoms with Crippen LogP contribution in [-0.4, -0.2) is 47.5 Å². The first-order valence-electron chi connectivity index (χ1n) is 8.28. The van der Waals surface area contributed by atoms with Crippen molar-refractivity contribution in [2.24, 2.45) is 5.92 Å². The van der Waals surface area contributed by atoms with Crippen LogP contribution in [0.1, 0.15) is 16.3 Å². The maximum atomic E-state index is 13.0. The van der Waals surface area contributed by atoms with Gasteiger partial charge in [-0.05, 0) is 24.6 Å². The van der Waals surface area contributed by atoms with Crippen LogP contribution < -0.4 is 0 Å². The van der Waals surface area contributed by atoms with E-state index in [-0.39, 0.29) is 17.0 Å². The number of fused-ring (bicyclic) bond motifs is 1. The second kappa shape index (κ2) is 6.42. The largest absolute Gasteiger partial charge is 0.297 e. The van der Waals surface area contributed by atoms with Gasteiger partial charge in [0.25, 0.3) is 0 Å². The van der Waals surface area contributed by atoms with Gasteiger partial charge in [0.1, 0.15) is 5.82 Å². The number of aromatic nitrogens is 1. The van der Waals surface area contributed by atoms with Crippen LogP contribution in [0.4, 0.5) is 4.39 Å². The van der Waals surface area contributed by atoms with Gasteiger partial charge in [0, 0.05) is 37.5 Å². The van der Waals surface area contributed by atoms with Gasteiger partial charge < -0.3 is 0 Å². The molecule has 3 heterocycles. The van der Waals surface area contributed by atoms with Crippen molar-refractivity contribution in [3.05, 3.63) is 51.7 Å². The minimum Gasteiger partial charge on any atom is -0.297 e. The van der Waals surface area contributed by atoms with Gasteiger partial charge in [-0.2, -0.15) is 4.31 Å². The first kappa shape index (κ1) is 17.1. The first-order chi connectivity index (χ1) is 11.9. The molecule has 25 heavy (non-hydrogen) atoms. The fraction of sp³-hybridized carbons (Fsp3) is 0.471. The van der Waals surface area contributed by atoms with E-state index in [0.29, 0.717) is 26.2 Å². The summed E-state index contributed by atoms with van der Waals surface area (Å²) in [5.74, 6) is -0.122. The fourth-order valence-electron chi connectivity index (χ4n) is 3.79. The van der Waals surface area contributed by atoms with Gasteiger partial charge in [0.2, 0.25) is 10.0 Å². The van der Waals surface area contributed by atoms with E-state index < -0.39 is 10.0 Å². The summed E-state index contributed by atoms with van der Waals surface area (Å²) in [6.07, 6.45) is 0. The molecular weight excluding hydrogens is 361 g/mol.